The maximum Gasteiger partial charge on any atom is 0.329 e. The molecular formula is C15H21N5O3S. The molecule has 130 valence electrons. The van der Waals surface area contributed by atoms with Crippen LogP contribution in [0.5, 0.6) is 0 Å². The average molecular weight is 351 g/mol. The van der Waals surface area contributed by atoms with Crippen LogP contribution in [0.2, 0.25) is 0 Å². The second-order valence-electron chi connectivity index (χ2n) is 7.06. The first-order chi connectivity index (χ1) is 11.3. The molecule has 4 heterocycles. The highest BCUT2D eigenvalue weighted by molar-refractivity contribution is 7.90. The van der Waals surface area contributed by atoms with Crippen molar-refractivity contribution in [3.63, 3.8) is 0 Å². The quantitative estimate of drug-likeness (QED) is 0.767. The van der Waals surface area contributed by atoms with E-state index in [2.05, 4.69) is 24.7 Å². The fraction of sp³-hybridized carbons (Fsp3) is 0.533. The Morgan fingerprint density at radius 1 is 1.00 bits per heavy atom. The summed E-state index contributed by atoms with van der Waals surface area (Å²) in [7, 11) is -3.86. The van der Waals surface area contributed by atoms with Gasteiger partial charge in [0.2, 0.25) is 0 Å². The van der Waals surface area contributed by atoms with Gasteiger partial charge in [-0.05, 0) is 19.1 Å². The van der Waals surface area contributed by atoms with Crippen molar-refractivity contribution in [3.8, 4) is 0 Å². The first-order valence-corrected chi connectivity index (χ1v) is 9.41. The number of hydrogen-bond donors (Lipinski definition) is 2. The number of urea groups is 1. The molecule has 0 saturated carbocycles. The monoisotopic (exact) mass is 351 g/mol. The first kappa shape index (κ1) is 15.8. The SMILES string of the molecule is Cc1ccc(S(=O)(=O)NC(=O)NC23CN4CN(CN(C4)C2)C3)cc1. The molecule has 24 heavy (non-hydrogen) atoms. The highest BCUT2D eigenvalue weighted by atomic mass is 32.2. The zero-order valence-electron chi connectivity index (χ0n) is 13.5. The predicted octanol–water partition coefficient (Wildman–Crippen LogP) is -0.459. The third-order valence-electron chi connectivity index (χ3n) is 4.72. The highest BCUT2D eigenvalue weighted by Gasteiger charge is 2.49. The summed E-state index contributed by atoms with van der Waals surface area (Å²) in [4.78, 5) is 19.2. The third kappa shape index (κ3) is 2.88. The van der Waals surface area contributed by atoms with Crippen molar-refractivity contribution in [2.75, 3.05) is 39.6 Å². The summed E-state index contributed by atoms with van der Waals surface area (Å²) in [6, 6.07) is 5.75. The smallest absolute Gasteiger partial charge is 0.328 e. The summed E-state index contributed by atoms with van der Waals surface area (Å²) in [6.07, 6.45) is 0. The number of carbonyl (C=O) groups is 1. The minimum absolute atomic E-state index is 0.0880. The third-order valence-corrected chi connectivity index (χ3v) is 6.06. The molecule has 1 aromatic rings. The lowest BCUT2D eigenvalue weighted by molar-refractivity contribution is -0.146. The molecule has 0 spiro atoms. The Morgan fingerprint density at radius 2 is 1.50 bits per heavy atom. The Morgan fingerprint density at radius 3 is 2.00 bits per heavy atom. The number of rotatable bonds is 3. The van der Waals surface area contributed by atoms with Crippen LogP contribution in [0.3, 0.4) is 0 Å². The maximum absolute atomic E-state index is 12.3. The summed E-state index contributed by atoms with van der Waals surface area (Å²) in [6.45, 7) is 6.84. The minimum atomic E-state index is -3.86. The zero-order valence-corrected chi connectivity index (χ0v) is 14.3. The van der Waals surface area contributed by atoms with Crippen LogP contribution >= 0.6 is 0 Å². The van der Waals surface area contributed by atoms with Crippen molar-refractivity contribution >= 4 is 16.1 Å². The topological polar surface area (TPSA) is 85.0 Å². The summed E-state index contributed by atoms with van der Waals surface area (Å²) in [5.41, 5.74) is 0.547. The molecule has 2 amide bonds. The normalized spacial score (nSPS) is 34.1. The van der Waals surface area contributed by atoms with E-state index in [-0.39, 0.29) is 4.90 Å². The Kier molecular flexibility index (Phi) is 3.57. The van der Waals surface area contributed by atoms with E-state index in [1.165, 1.54) is 12.1 Å². The van der Waals surface area contributed by atoms with Gasteiger partial charge in [0, 0.05) is 19.6 Å². The van der Waals surface area contributed by atoms with E-state index in [0.29, 0.717) is 0 Å². The molecule has 9 heteroatoms. The Labute approximate surface area is 141 Å². The van der Waals surface area contributed by atoms with Crippen molar-refractivity contribution in [2.45, 2.75) is 17.4 Å². The van der Waals surface area contributed by atoms with Crippen molar-refractivity contribution in [3.05, 3.63) is 29.8 Å². The van der Waals surface area contributed by atoms with Gasteiger partial charge in [-0.3, -0.25) is 14.7 Å². The molecule has 0 aliphatic carbocycles. The van der Waals surface area contributed by atoms with E-state index in [4.69, 9.17) is 0 Å². The number of amides is 2. The first-order valence-electron chi connectivity index (χ1n) is 7.92. The number of benzene rings is 1. The number of aryl methyl sites for hydroxylation is 1. The molecule has 4 aliphatic rings. The maximum atomic E-state index is 12.3. The largest absolute Gasteiger partial charge is 0.329 e. The molecular weight excluding hydrogens is 330 g/mol. The number of nitrogens with zero attached hydrogens (tertiary/aromatic N) is 3. The fourth-order valence-electron chi connectivity index (χ4n) is 4.00. The summed E-state index contributed by atoms with van der Waals surface area (Å²) >= 11 is 0. The van der Waals surface area contributed by atoms with Crippen LogP contribution in [0, 0.1) is 6.92 Å². The van der Waals surface area contributed by atoms with Gasteiger partial charge >= 0.3 is 6.03 Å². The minimum Gasteiger partial charge on any atom is -0.328 e. The number of sulfonamides is 1. The molecule has 4 saturated heterocycles. The van der Waals surface area contributed by atoms with E-state index < -0.39 is 21.6 Å². The number of carbonyl (C=O) groups excluding carboxylic acids is 1. The fourth-order valence-corrected chi connectivity index (χ4v) is 4.91. The van der Waals surface area contributed by atoms with E-state index in [0.717, 1.165) is 45.2 Å². The predicted molar refractivity (Wildman–Crippen MR) is 87.5 cm³/mol. The van der Waals surface area contributed by atoms with E-state index in [1.54, 1.807) is 12.1 Å². The van der Waals surface area contributed by atoms with E-state index in [1.807, 2.05) is 6.92 Å². The highest BCUT2D eigenvalue weighted by Crippen LogP contribution is 2.28. The Bertz CT molecular complexity index is 727. The molecule has 0 atom stereocenters. The summed E-state index contributed by atoms with van der Waals surface area (Å²) in [5, 5.41) is 2.91. The molecule has 8 nitrogen and oxygen atoms in total. The zero-order chi connectivity index (χ0) is 16.9. The van der Waals surface area contributed by atoms with Crippen molar-refractivity contribution in [2.24, 2.45) is 0 Å². The number of nitrogens with one attached hydrogen (secondary N) is 2. The Balaban J connectivity index is 1.46. The van der Waals surface area contributed by atoms with Crippen LogP contribution in [0.25, 0.3) is 0 Å². The molecule has 4 fully saturated rings. The average Bonchev–Trinajstić information content (AvgIpc) is 2.44. The summed E-state index contributed by atoms with van der Waals surface area (Å²) < 4.78 is 26.8. The lowest BCUT2D eigenvalue weighted by Crippen LogP contribution is -2.80. The molecule has 0 unspecified atom stereocenters. The van der Waals surface area contributed by atoms with Gasteiger partial charge in [-0.2, -0.15) is 0 Å². The Hall–Kier alpha value is -1.68. The van der Waals surface area contributed by atoms with Gasteiger partial charge in [0.15, 0.2) is 0 Å². The van der Waals surface area contributed by atoms with E-state index >= 15 is 0 Å². The summed E-state index contributed by atoms with van der Waals surface area (Å²) in [5.74, 6) is 0. The molecule has 0 aromatic heterocycles. The van der Waals surface area contributed by atoms with Gasteiger partial charge in [-0.25, -0.2) is 17.9 Å². The van der Waals surface area contributed by atoms with Crippen LogP contribution in [0.1, 0.15) is 5.56 Å². The molecule has 4 bridgehead atoms. The lowest BCUT2D eigenvalue weighted by atomic mass is 9.91. The molecule has 4 aliphatic heterocycles. The second kappa shape index (κ2) is 5.41. The lowest BCUT2D eigenvalue weighted by Gasteiger charge is -2.60. The van der Waals surface area contributed by atoms with Gasteiger partial charge in [-0.15, -0.1) is 0 Å². The van der Waals surface area contributed by atoms with Crippen LogP contribution < -0.4 is 10.0 Å². The van der Waals surface area contributed by atoms with Crippen molar-refractivity contribution in [1.29, 1.82) is 0 Å². The molecule has 5 rings (SSSR count). The van der Waals surface area contributed by atoms with Crippen LogP contribution in [0.4, 0.5) is 4.79 Å². The number of hydrogen-bond acceptors (Lipinski definition) is 6. The van der Waals surface area contributed by atoms with Crippen molar-refractivity contribution in [1.82, 2.24) is 24.7 Å². The van der Waals surface area contributed by atoms with E-state index in [9.17, 15) is 13.2 Å². The molecule has 1 aromatic carbocycles. The van der Waals surface area contributed by atoms with Crippen LogP contribution in [0.15, 0.2) is 29.2 Å². The van der Waals surface area contributed by atoms with Gasteiger partial charge in [-0.1, -0.05) is 17.7 Å². The second-order valence-corrected chi connectivity index (χ2v) is 8.75. The van der Waals surface area contributed by atoms with Crippen LogP contribution in [-0.4, -0.2) is 74.3 Å². The molecule has 0 radical (unpaired) electrons. The standard InChI is InChI=1S/C15H21N5O3S/c1-12-2-4-13(5-3-12)24(22,23)17-14(21)16-15-6-18-9-19(7-15)11-20(8-15)10-18/h2-5H,6-11H2,1H3,(H2,16,17,21). The molecule has 2 N–H and O–H groups in total. The van der Waals surface area contributed by atoms with Gasteiger partial charge in [0.25, 0.3) is 10.0 Å². The van der Waals surface area contributed by atoms with Gasteiger partial charge in [0.05, 0.1) is 30.4 Å². The van der Waals surface area contributed by atoms with Crippen LogP contribution in [-0.2, 0) is 10.0 Å². The van der Waals surface area contributed by atoms with Crippen molar-refractivity contribution < 1.29 is 13.2 Å². The van der Waals surface area contributed by atoms with Gasteiger partial charge < -0.3 is 5.32 Å². The van der Waals surface area contributed by atoms with Gasteiger partial charge in [0.1, 0.15) is 0 Å².